The minimum atomic E-state index is -0.541. The van der Waals surface area contributed by atoms with Gasteiger partial charge in [0.05, 0.1) is 12.7 Å². The molecular weight excluding hydrogens is 286 g/mol. The maximum Gasteiger partial charge on any atom is 0.251 e. The average Bonchev–Trinajstić information content (AvgIpc) is 2.34. The molecule has 1 aromatic carbocycles. The number of aliphatic hydroxyl groups excluding tert-OH is 1. The van der Waals surface area contributed by atoms with Crippen LogP contribution in [0.1, 0.15) is 17.3 Å². The van der Waals surface area contributed by atoms with Gasteiger partial charge in [-0.15, -0.1) is 0 Å². The fourth-order valence-electron chi connectivity index (χ4n) is 1.20. The summed E-state index contributed by atoms with van der Waals surface area (Å²) in [5.41, 5.74) is 0.553. The van der Waals surface area contributed by atoms with Gasteiger partial charge in [0.2, 0.25) is 0 Å². The molecular formula is C12H16BrNO3. The minimum absolute atomic E-state index is 0.196. The van der Waals surface area contributed by atoms with Gasteiger partial charge >= 0.3 is 0 Å². The molecule has 1 unspecified atom stereocenters. The van der Waals surface area contributed by atoms with E-state index >= 15 is 0 Å². The van der Waals surface area contributed by atoms with Crippen LogP contribution in [0.5, 0.6) is 5.75 Å². The lowest BCUT2D eigenvalue weighted by Crippen LogP contribution is -2.30. The molecule has 0 aliphatic heterocycles. The zero-order valence-electron chi connectivity index (χ0n) is 9.65. The summed E-state index contributed by atoms with van der Waals surface area (Å²) in [7, 11) is 0. The molecule has 0 heterocycles. The molecule has 1 rings (SSSR count). The van der Waals surface area contributed by atoms with Crippen molar-refractivity contribution in [1.29, 1.82) is 0 Å². The molecule has 0 radical (unpaired) electrons. The second-order valence-electron chi connectivity index (χ2n) is 3.62. The molecule has 1 aromatic rings. The third-order valence-corrected chi connectivity index (χ3v) is 2.34. The highest BCUT2D eigenvalue weighted by Gasteiger charge is 2.06. The predicted molar refractivity (Wildman–Crippen MR) is 69.7 cm³/mol. The van der Waals surface area contributed by atoms with Gasteiger partial charge in [-0.3, -0.25) is 4.79 Å². The lowest BCUT2D eigenvalue weighted by molar-refractivity contribution is 0.0924. The number of carbonyl (C=O) groups is 1. The first kappa shape index (κ1) is 14.0. The van der Waals surface area contributed by atoms with E-state index in [4.69, 9.17) is 9.84 Å². The van der Waals surface area contributed by atoms with Crippen LogP contribution in [0.25, 0.3) is 0 Å². The summed E-state index contributed by atoms with van der Waals surface area (Å²) in [6.07, 6.45) is -0.541. The largest absolute Gasteiger partial charge is 0.493 e. The zero-order chi connectivity index (χ0) is 12.7. The lowest BCUT2D eigenvalue weighted by atomic mass is 10.2. The summed E-state index contributed by atoms with van der Waals surface area (Å²) in [5.74, 6) is 0.537. The van der Waals surface area contributed by atoms with Gasteiger partial charge in [0, 0.05) is 17.4 Å². The van der Waals surface area contributed by atoms with E-state index in [1.54, 1.807) is 31.2 Å². The monoisotopic (exact) mass is 301 g/mol. The standard InChI is InChI=1S/C12H16BrNO3/c1-9(15)8-14-12(16)10-2-4-11(5-3-10)17-7-6-13/h2-5,9,15H,6-8H2,1H3,(H,14,16). The molecule has 0 aliphatic rings. The summed E-state index contributed by atoms with van der Waals surface area (Å²) in [6, 6.07) is 6.89. The van der Waals surface area contributed by atoms with Crippen LogP contribution < -0.4 is 10.1 Å². The van der Waals surface area contributed by atoms with Gasteiger partial charge in [-0.05, 0) is 31.2 Å². The molecule has 1 amide bonds. The summed E-state index contributed by atoms with van der Waals surface area (Å²) < 4.78 is 5.37. The summed E-state index contributed by atoms with van der Waals surface area (Å²) in [5, 5.41) is 12.4. The Hall–Kier alpha value is -1.07. The van der Waals surface area contributed by atoms with E-state index < -0.39 is 6.10 Å². The summed E-state index contributed by atoms with van der Waals surface area (Å²) >= 11 is 3.27. The average molecular weight is 302 g/mol. The first-order valence-electron chi connectivity index (χ1n) is 5.38. The van der Waals surface area contributed by atoms with E-state index in [1.807, 2.05) is 0 Å². The van der Waals surface area contributed by atoms with Gasteiger partial charge in [0.1, 0.15) is 5.75 Å². The fraction of sp³-hybridized carbons (Fsp3) is 0.417. The smallest absolute Gasteiger partial charge is 0.251 e. The van der Waals surface area contributed by atoms with Crippen molar-refractivity contribution in [3.05, 3.63) is 29.8 Å². The number of aliphatic hydroxyl groups is 1. The highest BCUT2D eigenvalue weighted by atomic mass is 79.9. The number of carbonyl (C=O) groups excluding carboxylic acids is 1. The molecule has 94 valence electrons. The third-order valence-electron chi connectivity index (χ3n) is 2.02. The molecule has 1 atom stereocenters. The maximum absolute atomic E-state index is 11.6. The Labute approximate surface area is 109 Å². The number of ether oxygens (including phenoxy) is 1. The normalized spacial score (nSPS) is 11.9. The molecule has 0 bridgehead atoms. The Kier molecular flexibility index (Phi) is 6.00. The van der Waals surface area contributed by atoms with Crippen molar-refractivity contribution in [2.24, 2.45) is 0 Å². The van der Waals surface area contributed by atoms with Gasteiger partial charge in [-0.1, -0.05) is 15.9 Å². The lowest BCUT2D eigenvalue weighted by Gasteiger charge is -2.08. The number of nitrogens with one attached hydrogen (secondary N) is 1. The van der Waals surface area contributed by atoms with Crippen LogP contribution in [0.3, 0.4) is 0 Å². The van der Waals surface area contributed by atoms with Crippen LogP contribution in [0.2, 0.25) is 0 Å². The molecule has 17 heavy (non-hydrogen) atoms. The molecule has 4 nitrogen and oxygen atoms in total. The molecule has 0 fully saturated rings. The predicted octanol–water partition coefficient (Wildman–Crippen LogP) is 1.57. The van der Waals surface area contributed by atoms with E-state index in [0.29, 0.717) is 12.2 Å². The van der Waals surface area contributed by atoms with E-state index in [0.717, 1.165) is 11.1 Å². The van der Waals surface area contributed by atoms with Crippen LogP contribution in [0.15, 0.2) is 24.3 Å². The van der Waals surface area contributed by atoms with Gasteiger partial charge < -0.3 is 15.2 Å². The molecule has 0 saturated carbocycles. The van der Waals surface area contributed by atoms with Crippen molar-refractivity contribution in [3.8, 4) is 5.75 Å². The molecule has 0 saturated heterocycles. The number of hydrogen-bond acceptors (Lipinski definition) is 3. The van der Waals surface area contributed by atoms with Gasteiger partial charge in [0.25, 0.3) is 5.91 Å². The number of benzene rings is 1. The Balaban J connectivity index is 2.51. The van der Waals surface area contributed by atoms with Crippen molar-refractivity contribution in [3.63, 3.8) is 0 Å². The van der Waals surface area contributed by atoms with Crippen molar-refractivity contribution in [1.82, 2.24) is 5.32 Å². The SMILES string of the molecule is CC(O)CNC(=O)c1ccc(OCCBr)cc1. The summed E-state index contributed by atoms with van der Waals surface area (Å²) in [6.45, 7) is 2.46. The van der Waals surface area contributed by atoms with E-state index in [-0.39, 0.29) is 12.5 Å². The van der Waals surface area contributed by atoms with E-state index in [2.05, 4.69) is 21.2 Å². The van der Waals surface area contributed by atoms with Crippen molar-refractivity contribution < 1.29 is 14.6 Å². The van der Waals surface area contributed by atoms with Gasteiger partial charge in [-0.2, -0.15) is 0 Å². The quantitative estimate of drug-likeness (QED) is 0.784. The van der Waals surface area contributed by atoms with Gasteiger partial charge in [-0.25, -0.2) is 0 Å². The highest BCUT2D eigenvalue weighted by molar-refractivity contribution is 9.09. The van der Waals surface area contributed by atoms with Crippen LogP contribution in [-0.4, -0.2) is 35.6 Å². The van der Waals surface area contributed by atoms with Crippen LogP contribution >= 0.6 is 15.9 Å². The first-order valence-corrected chi connectivity index (χ1v) is 6.50. The number of rotatable bonds is 6. The third kappa shape index (κ3) is 5.19. The van der Waals surface area contributed by atoms with Gasteiger partial charge in [0.15, 0.2) is 0 Å². The Morgan fingerprint density at radius 2 is 2.12 bits per heavy atom. The first-order chi connectivity index (χ1) is 8.13. The number of hydrogen-bond donors (Lipinski definition) is 2. The molecule has 0 spiro atoms. The van der Waals surface area contributed by atoms with Crippen LogP contribution in [0.4, 0.5) is 0 Å². The fourth-order valence-corrected chi connectivity index (χ4v) is 1.36. The number of amides is 1. The van der Waals surface area contributed by atoms with E-state index in [9.17, 15) is 4.79 Å². The van der Waals surface area contributed by atoms with Crippen molar-refractivity contribution in [2.75, 3.05) is 18.5 Å². The molecule has 2 N–H and O–H groups in total. The highest BCUT2D eigenvalue weighted by Crippen LogP contribution is 2.12. The number of alkyl halides is 1. The van der Waals surface area contributed by atoms with Crippen LogP contribution in [-0.2, 0) is 0 Å². The van der Waals surface area contributed by atoms with E-state index in [1.165, 1.54) is 0 Å². The van der Waals surface area contributed by atoms with Crippen LogP contribution in [0, 0.1) is 0 Å². The Morgan fingerprint density at radius 1 is 1.47 bits per heavy atom. The Bertz CT molecular complexity index is 351. The number of halogens is 1. The topological polar surface area (TPSA) is 58.6 Å². The second-order valence-corrected chi connectivity index (χ2v) is 4.41. The summed E-state index contributed by atoms with van der Waals surface area (Å²) in [4.78, 5) is 11.6. The zero-order valence-corrected chi connectivity index (χ0v) is 11.2. The Morgan fingerprint density at radius 3 is 2.65 bits per heavy atom. The van der Waals surface area contributed by atoms with Crippen molar-refractivity contribution >= 4 is 21.8 Å². The molecule has 0 aliphatic carbocycles. The maximum atomic E-state index is 11.6. The molecule has 5 heteroatoms. The molecule has 0 aromatic heterocycles. The van der Waals surface area contributed by atoms with Crippen molar-refractivity contribution in [2.45, 2.75) is 13.0 Å². The minimum Gasteiger partial charge on any atom is -0.493 e. The second kappa shape index (κ2) is 7.29.